The molecular weight excluding hydrogens is 338 g/mol. The van der Waals surface area contributed by atoms with Crippen molar-refractivity contribution in [1.82, 2.24) is 9.80 Å². The van der Waals surface area contributed by atoms with Crippen molar-refractivity contribution < 1.29 is 9.15 Å². The van der Waals surface area contributed by atoms with Gasteiger partial charge in [0.25, 0.3) is 0 Å². The van der Waals surface area contributed by atoms with Gasteiger partial charge < -0.3 is 9.15 Å². The number of hydrogen-bond acceptors (Lipinski definition) is 5. The first-order chi connectivity index (χ1) is 13.3. The fourth-order valence-corrected chi connectivity index (χ4v) is 4.10. The summed E-state index contributed by atoms with van der Waals surface area (Å²) in [6.07, 6.45) is 2.50. The van der Waals surface area contributed by atoms with E-state index in [1.54, 1.807) is 0 Å². The van der Waals surface area contributed by atoms with Crippen molar-refractivity contribution in [3.8, 4) is 17.4 Å². The van der Waals surface area contributed by atoms with Gasteiger partial charge in [0.15, 0.2) is 0 Å². The molecular formula is C22H27N3O2. The van der Waals surface area contributed by atoms with Crippen molar-refractivity contribution >= 4 is 0 Å². The van der Waals surface area contributed by atoms with Crippen molar-refractivity contribution in [2.24, 2.45) is 5.92 Å². The second-order valence-corrected chi connectivity index (χ2v) is 7.56. The summed E-state index contributed by atoms with van der Waals surface area (Å²) in [7, 11) is 0. The molecule has 2 aliphatic rings. The van der Waals surface area contributed by atoms with Gasteiger partial charge in [-0.05, 0) is 56.1 Å². The maximum Gasteiger partial charge on any atom is 0.135 e. The maximum absolute atomic E-state index is 9.28. The van der Waals surface area contributed by atoms with Crippen LogP contribution in [-0.4, -0.2) is 55.7 Å². The van der Waals surface area contributed by atoms with E-state index in [-0.39, 0.29) is 0 Å². The van der Waals surface area contributed by atoms with Crippen molar-refractivity contribution in [3.05, 3.63) is 47.7 Å². The van der Waals surface area contributed by atoms with E-state index in [1.807, 2.05) is 36.4 Å². The molecule has 0 aliphatic carbocycles. The van der Waals surface area contributed by atoms with Crippen LogP contribution in [0.3, 0.4) is 0 Å². The maximum atomic E-state index is 9.28. The molecule has 0 bridgehead atoms. The van der Waals surface area contributed by atoms with Gasteiger partial charge >= 0.3 is 0 Å². The summed E-state index contributed by atoms with van der Waals surface area (Å²) in [6, 6.07) is 13.9. The van der Waals surface area contributed by atoms with Gasteiger partial charge in [-0.3, -0.25) is 9.80 Å². The topological polar surface area (TPSA) is 52.6 Å². The Balaban J connectivity index is 1.30. The number of nitrogens with zero attached hydrogens (tertiary/aromatic N) is 3. The second-order valence-electron chi connectivity index (χ2n) is 7.56. The van der Waals surface area contributed by atoms with Crippen LogP contribution in [0.1, 0.15) is 24.2 Å². The molecule has 0 N–H and O–H groups in total. The minimum atomic E-state index is 0.655. The first-order valence-corrected chi connectivity index (χ1v) is 9.92. The van der Waals surface area contributed by atoms with Gasteiger partial charge in [0, 0.05) is 25.2 Å². The fraction of sp³-hybridized carbons (Fsp3) is 0.500. The van der Waals surface area contributed by atoms with E-state index in [0.717, 1.165) is 68.9 Å². The predicted molar refractivity (Wildman–Crippen MR) is 104 cm³/mol. The smallest absolute Gasteiger partial charge is 0.135 e. The molecule has 0 radical (unpaired) electrons. The highest BCUT2D eigenvalue weighted by atomic mass is 16.5. The van der Waals surface area contributed by atoms with E-state index < -0.39 is 0 Å². The quantitative estimate of drug-likeness (QED) is 0.813. The van der Waals surface area contributed by atoms with Crippen LogP contribution in [0, 0.1) is 17.2 Å². The Hall–Kier alpha value is -2.13. The lowest BCUT2D eigenvalue weighted by molar-refractivity contribution is 0.0239. The summed E-state index contributed by atoms with van der Waals surface area (Å²) in [5.74, 6) is 2.56. The first-order valence-electron chi connectivity index (χ1n) is 9.92. The van der Waals surface area contributed by atoms with Gasteiger partial charge in [-0.1, -0.05) is 12.1 Å². The lowest BCUT2D eigenvalue weighted by Gasteiger charge is -2.35. The lowest BCUT2D eigenvalue weighted by Crippen LogP contribution is -2.42. The number of furan rings is 1. The number of benzene rings is 1. The molecule has 0 unspecified atom stereocenters. The summed E-state index contributed by atoms with van der Waals surface area (Å²) in [5, 5.41) is 9.28. The third kappa shape index (κ3) is 4.59. The Bertz CT molecular complexity index is 781. The van der Waals surface area contributed by atoms with E-state index in [1.165, 1.54) is 19.4 Å². The Kier molecular flexibility index (Phi) is 5.88. The molecule has 0 amide bonds. The van der Waals surface area contributed by atoms with Gasteiger partial charge in [-0.2, -0.15) is 5.26 Å². The molecule has 0 atom stereocenters. The molecule has 1 aromatic carbocycles. The van der Waals surface area contributed by atoms with Crippen LogP contribution in [0.4, 0.5) is 0 Å². The SMILES string of the molecule is N#Cc1ccccc1-c1ccc(CN2CCC(CN3CCOCC3)CC2)o1. The van der Waals surface area contributed by atoms with Crippen molar-refractivity contribution in [1.29, 1.82) is 5.26 Å². The predicted octanol–water partition coefficient (Wildman–Crippen LogP) is 3.36. The molecule has 5 heteroatoms. The lowest BCUT2D eigenvalue weighted by atomic mass is 9.96. The van der Waals surface area contributed by atoms with Crippen LogP contribution in [0.2, 0.25) is 0 Å². The molecule has 4 rings (SSSR count). The van der Waals surface area contributed by atoms with Crippen LogP contribution in [0.5, 0.6) is 0 Å². The first kappa shape index (κ1) is 18.2. The molecule has 1 aromatic heterocycles. The van der Waals surface area contributed by atoms with Crippen molar-refractivity contribution in [3.63, 3.8) is 0 Å². The van der Waals surface area contributed by atoms with Crippen molar-refractivity contribution in [2.45, 2.75) is 19.4 Å². The van der Waals surface area contributed by atoms with Crippen LogP contribution in [0.25, 0.3) is 11.3 Å². The number of ether oxygens (including phenoxy) is 1. The van der Waals surface area contributed by atoms with Gasteiger partial charge in [0.2, 0.25) is 0 Å². The summed E-state index contributed by atoms with van der Waals surface area (Å²) < 4.78 is 11.5. The normalized spacial score (nSPS) is 19.8. The van der Waals surface area contributed by atoms with Crippen LogP contribution >= 0.6 is 0 Å². The highest BCUT2D eigenvalue weighted by molar-refractivity contribution is 5.66. The van der Waals surface area contributed by atoms with E-state index in [2.05, 4.69) is 15.9 Å². The van der Waals surface area contributed by atoms with Gasteiger partial charge in [0.05, 0.1) is 31.4 Å². The molecule has 2 aromatic rings. The zero-order valence-corrected chi connectivity index (χ0v) is 15.8. The molecule has 0 spiro atoms. The summed E-state index contributed by atoms with van der Waals surface area (Å²) in [4.78, 5) is 5.03. The van der Waals surface area contributed by atoms with E-state index in [4.69, 9.17) is 9.15 Å². The Morgan fingerprint density at radius 1 is 0.963 bits per heavy atom. The minimum Gasteiger partial charge on any atom is -0.460 e. The number of nitriles is 1. The third-order valence-electron chi connectivity index (χ3n) is 5.68. The second kappa shape index (κ2) is 8.71. The van der Waals surface area contributed by atoms with E-state index >= 15 is 0 Å². The summed E-state index contributed by atoms with van der Waals surface area (Å²) in [5.41, 5.74) is 1.53. The summed E-state index contributed by atoms with van der Waals surface area (Å²) >= 11 is 0. The molecule has 3 heterocycles. The minimum absolute atomic E-state index is 0.655. The fourth-order valence-electron chi connectivity index (χ4n) is 4.10. The largest absolute Gasteiger partial charge is 0.460 e. The van der Waals surface area contributed by atoms with Gasteiger partial charge in [-0.25, -0.2) is 0 Å². The number of piperidine rings is 1. The average Bonchev–Trinajstić information content (AvgIpc) is 3.18. The Morgan fingerprint density at radius 3 is 2.52 bits per heavy atom. The van der Waals surface area contributed by atoms with Crippen LogP contribution < -0.4 is 0 Å². The van der Waals surface area contributed by atoms with Gasteiger partial charge in [-0.15, -0.1) is 0 Å². The highest BCUT2D eigenvalue weighted by Gasteiger charge is 2.23. The molecule has 142 valence electrons. The van der Waals surface area contributed by atoms with Gasteiger partial charge in [0.1, 0.15) is 11.5 Å². The average molecular weight is 365 g/mol. The molecule has 27 heavy (non-hydrogen) atoms. The monoisotopic (exact) mass is 365 g/mol. The number of rotatable bonds is 5. The van der Waals surface area contributed by atoms with E-state index in [0.29, 0.717) is 5.56 Å². The number of morpholine rings is 1. The Labute approximate surface area is 161 Å². The molecule has 2 aliphatic heterocycles. The van der Waals surface area contributed by atoms with Crippen LogP contribution in [-0.2, 0) is 11.3 Å². The zero-order chi connectivity index (χ0) is 18.5. The third-order valence-corrected chi connectivity index (χ3v) is 5.68. The molecule has 2 fully saturated rings. The van der Waals surface area contributed by atoms with E-state index in [9.17, 15) is 5.26 Å². The van der Waals surface area contributed by atoms with Crippen LogP contribution in [0.15, 0.2) is 40.8 Å². The standard InChI is InChI=1S/C22H27N3O2/c23-15-19-3-1-2-4-21(19)22-6-5-20(27-22)17-24-9-7-18(8-10-24)16-25-11-13-26-14-12-25/h1-6,18H,7-14,16-17H2. The molecule has 0 saturated carbocycles. The molecule has 2 saturated heterocycles. The molecule has 5 nitrogen and oxygen atoms in total. The number of likely N-dealkylation sites (tertiary alicyclic amines) is 1. The zero-order valence-electron chi connectivity index (χ0n) is 15.8. The number of hydrogen-bond donors (Lipinski definition) is 0. The summed E-state index contributed by atoms with van der Waals surface area (Å²) in [6.45, 7) is 8.24. The van der Waals surface area contributed by atoms with Crippen molar-refractivity contribution in [2.75, 3.05) is 45.9 Å². The highest BCUT2D eigenvalue weighted by Crippen LogP contribution is 2.27. The Morgan fingerprint density at radius 2 is 1.74 bits per heavy atom.